The summed E-state index contributed by atoms with van der Waals surface area (Å²) in [6.07, 6.45) is 0.993. The minimum Gasteiger partial charge on any atom is -0.449 e. The van der Waals surface area contributed by atoms with Crippen LogP contribution in [0.1, 0.15) is 63.3 Å². The molecule has 168 valence electrons. The SMILES string of the molecule is CCCCN1C(=O)c2ccc(C(=O)OC(C)C(=O)NCCc3ccc(F)cc3)cc2C1=O. The van der Waals surface area contributed by atoms with E-state index in [1.165, 1.54) is 42.2 Å². The first-order chi connectivity index (χ1) is 15.3. The van der Waals surface area contributed by atoms with Crippen molar-refractivity contribution in [2.24, 2.45) is 0 Å². The van der Waals surface area contributed by atoms with Crippen LogP contribution in [0.4, 0.5) is 4.39 Å². The minimum atomic E-state index is -1.05. The Morgan fingerprint density at radius 3 is 2.44 bits per heavy atom. The second-order valence-electron chi connectivity index (χ2n) is 7.59. The van der Waals surface area contributed by atoms with E-state index in [1.807, 2.05) is 6.92 Å². The predicted octanol–water partition coefficient (Wildman–Crippen LogP) is 3.13. The molecule has 0 radical (unpaired) electrons. The number of amides is 3. The van der Waals surface area contributed by atoms with Crippen LogP contribution in [0.25, 0.3) is 0 Å². The summed E-state index contributed by atoms with van der Waals surface area (Å²) in [5.41, 5.74) is 1.38. The van der Waals surface area contributed by atoms with Gasteiger partial charge in [-0.05, 0) is 55.7 Å². The van der Waals surface area contributed by atoms with Crippen LogP contribution in [-0.4, -0.2) is 47.8 Å². The largest absolute Gasteiger partial charge is 0.449 e. The van der Waals surface area contributed by atoms with E-state index >= 15 is 0 Å². The Morgan fingerprint density at radius 2 is 1.75 bits per heavy atom. The van der Waals surface area contributed by atoms with Crippen molar-refractivity contribution in [3.63, 3.8) is 0 Å². The Morgan fingerprint density at radius 1 is 1.06 bits per heavy atom. The molecule has 1 N–H and O–H groups in total. The number of carbonyl (C=O) groups excluding carboxylic acids is 4. The van der Waals surface area contributed by atoms with Crippen molar-refractivity contribution in [1.29, 1.82) is 0 Å². The van der Waals surface area contributed by atoms with E-state index in [1.54, 1.807) is 12.1 Å². The summed E-state index contributed by atoms with van der Waals surface area (Å²) in [6, 6.07) is 10.1. The van der Waals surface area contributed by atoms with Crippen molar-refractivity contribution in [2.45, 2.75) is 39.2 Å². The van der Waals surface area contributed by atoms with E-state index in [4.69, 9.17) is 4.74 Å². The van der Waals surface area contributed by atoms with Crippen molar-refractivity contribution in [3.05, 3.63) is 70.5 Å². The van der Waals surface area contributed by atoms with Crippen LogP contribution in [0.2, 0.25) is 0 Å². The van der Waals surface area contributed by atoms with Gasteiger partial charge in [-0.3, -0.25) is 19.3 Å². The Hall–Kier alpha value is -3.55. The fourth-order valence-corrected chi connectivity index (χ4v) is 3.34. The molecular weight excluding hydrogens is 415 g/mol. The molecule has 2 aromatic carbocycles. The van der Waals surface area contributed by atoms with Crippen molar-refractivity contribution in [2.75, 3.05) is 13.1 Å². The third-order valence-electron chi connectivity index (χ3n) is 5.22. The van der Waals surface area contributed by atoms with Gasteiger partial charge in [0.05, 0.1) is 16.7 Å². The summed E-state index contributed by atoms with van der Waals surface area (Å²) in [7, 11) is 0. The highest BCUT2D eigenvalue weighted by molar-refractivity contribution is 6.22. The molecule has 8 heteroatoms. The highest BCUT2D eigenvalue weighted by atomic mass is 19.1. The van der Waals surface area contributed by atoms with Gasteiger partial charge in [0.2, 0.25) is 0 Å². The Bertz CT molecular complexity index is 1040. The molecule has 1 heterocycles. The molecule has 0 spiro atoms. The fraction of sp³-hybridized carbons (Fsp3) is 0.333. The van der Waals surface area contributed by atoms with E-state index in [0.717, 1.165) is 12.0 Å². The van der Waals surface area contributed by atoms with Crippen molar-refractivity contribution in [3.8, 4) is 0 Å². The first kappa shape index (κ1) is 23.1. The number of benzene rings is 2. The zero-order valence-corrected chi connectivity index (χ0v) is 18.0. The van der Waals surface area contributed by atoms with Crippen LogP contribution in [-0.2, 0) is 16.0 Å². The molecule has 0 saturated carbocycles. The van der Waals surface area contributed by atoms with Gasteiger partial charge in [-0.2, -0.15) is 0 Å². The molecule has 32 heavy (non-hydrogen) atoms. The number of unbranched alkanes of at least 4 members (excludes halogenated alkanes) is 1. The molecular formula is C24H25FN2O5. The summed E-state index contributed by atoms with van der Waals surface area (Å²) < 4.78 is 18.2. The number of imide groups is 1. The average molecular weight is 440 g/mol. The molecule has 7 nitrogen and oxygen atoms in total. The topological polar surface area (TPSA) is 92.8 Å². The summed E-state index contributed by atoms with van der Waals surface area (Å²) in [5, 5.41) is 2.67. The second kappa shape index (κ2) is 10.2. The third-order valence-corrected chi connectivity index (χ3v) is 5.22. The lowest BCUT2D eigenvalue weighted by molar-refractivity contribution is -0.129. The molecule has 0 aliphatic carbocycles. The molecule has 0 bridgehead atoms. The Balaban J connectivity index is 1.56. The summed E-state index contributed by atoms with van der Waals surface area (Å²) in [5.74, 6) is -2.36. The van der Waals surface area contributed by atoms with E-state index < -0.39 is 23.9 Å². The van der Waals surface area contributed by atoms with Gasteiger partial charge in [-0.25, -0.2) is 9.18 Å². The van der Waals surface area contributed by atoms with Crippen LogP contribution in [0, 0.1) is 5.82 Å². The fourth-order valence-electron chi connectivity index (χ4n) is 3.34. The monoisotopic (exact) mass is 440 g/mol. The van der Waals surface area contributed by atoms with Gasteiger partial charge in [0.1, 0.15) is 5.82 Å². The highest BCUT2D eigenvalue weighted by Crippen LogP contribution is 2.25. The normalized spacial score (nSPS) is 13.7. The molecule has 2 aromatic rings. The van der Waals surface area contributed by atoms with Gasteiger partial charge in [0.25, 0.3) is 17.7 Å². The lowest BCUT2D eigenvalue weighted by atomic mass is 10.1. The van der Waals surface area contributed by atoms with E-state index in [0.29, 0.717) is 25.9 Å². The smallest absolute Gasteiger partial charge is 0.338 e. The lowest BCUT2D eigenvalue weighted by Gasteiger charge is -2.14. The Labute approximate surface area is 185 Å². The van der Waals surface area contributed by atoms with Crippen molar-refractivity contribution in [1.82, 2.24) is 10.2 Å². The van der Waals surface area contributed by atoms with Gasteiger partial charge in [-0.1, -0.05) is 25.5 Å². The number of halogens is 1. The first-order valence-electron chi connectivity index (χ1n) is 10.5. The maximum atomic E-state index is 12.9. The van der Waals surface area contributed by atoms with E-state index in [2.05, 4.69) is 5.32 Å². The van der Waals surface area contributed by atoms with E-state index in [9.17, 15) is 23.6 Å². The number of nitrogens with one attached hydrogen (secondary N) is 1. The maximum absolute atomic E-state index is 12.9. The summed E-state index contributed by atoms with van der Waals surface area (Å²) >= 11 is 0. The number of fused-ring (bicyclic) bond motifs is 1. The molecule has 3 rings (SSSR count). The first-order valence-corrected chi connectivity index (χ1v) is 10.5. The van der Waals surface area contributed by atoms with Crippen molar-refractivity contribution < 1.29 is 28.3 Å². The Kier molecular flexibility index (Phi) is 7.35. The molecule has 1 atom stereocenters. The highest BCUT2D eigenvalue weighted by Gasteiger charge is 2.35. The molecule has 1 aliphatic heterocycles. The van der Waals surface area contributed by atoms with Gasteiger partial charge in [0, 0.05) is 13.1 Å². The number of hydrogen-bond acceptors (Lipinski definition) is 5. The lowest BCUT2D eigenvalue weighted by Crippen LogP contribution is -2.36. The van der Waals surface area contributed by atoms with Crippen LogP contribution in [0.5, 0.6) is 0 Å². The number of hydrogen-bond donors (Lipinski definition) is 1. The maximum Gasteiger partial charge on any atom is 0.338 e. The molecule has 0 saturated heterocycles. The molecule has 1 aliphatic rings. The van der Waals surface area contributed by atoms with Gasteiger partial charge in [0.15, 0.2) is 6.10 Å². The van der Waals surface area contributed by atoms with Crippen molar-refractivity contribution >= 4 is 23.7 Å². The van der Waals surface area contributed by atoms with Crippen LogP contribution < -0.4 is 5.32 Å². The number of carbonyl (C=O) groups is 4. The molecule has 0 fully saturated rings. The van der Waals surface area contributed by atoms with Gasteiger partial charge < -0.3 is 10.1 Å². The number of esters is 1. The quantitative estimate of drug-likeness (QED) is 0.478. The zero-order chi connectivity index (χ0) is 23.3. The molecule has 0 aromatic heterocycles. The second-order valence-corrected chi connectivity index (χ2v) is 7.59. The zero-order valence-electron chi connectivity index (χ0n) is 18.0. The molecule has 3 amide bonds. The molecule has 1 unspecified atom stereocenters. The predicted molar refractivity (Wildman–Crippen MR) is 115 cm³/mol. The third kappa shape index (κ3) is 5.19. The number of nitrogens with zero attached hydrogens (tertiary/aromatic N) is 1. The van der Waals surface area contributed by atoms with Gasteiger partial charge >= 0.3 is 5.97 Å². The van der Waals surface area contributed by atoms with Crippen LogP contribution in [0.3, 0.4) is 0 Å². The summed E-state index contributed by atoms with van der Waals surface area (Å²) in [6.45, 7) is 4.04. The number of rotatable bonds is 9. The van der Waals surface area contributed by atoms with Gasteiger partial charge in [-0.15, -0.1) is 0 Å². The standard InChI is InChI=1S/C24H25FN2O5/c1-3-4-13-27-22(29)19-10-7-17(14-20(19)23(27)30)24(31)32-15(2)21(28)26-12-11-16-5-8-18(25)9-6-16/h5-10,14-15H,3-4,11-13H2,1-2H3,(H,26,28). The summed E-state index contributed by atoms with van der Waals surface area (Å²) in [4.78, 5) is 50.8. The average Bonchev–Trinajstić information content (AvgIpc) is 3.02. The minimum absolute atomic E-state index is 0.0909. The van der Waals surface area contributed by atoms with E-state index in [-0.39, 0.29) is 28.4 Å². The van der Waals surface area contributed by atoms with Crippen LogP contribution >= 0.6 is 0 Å². The number of ether oxygens (including phenoxy) is 1. The van der Waals surface area contributed by atoms with Crippen LogP contribution in [0.15, 0.2) is 42.5 Å².